The number of benzene rings is 1. The third-order valence-electron chi connectivity index (χ3n) is 5.21. The molecule has 13 heteroatoms. The quantitative estimate of drug-likeness (QED) is 0.409. The number of fused-ring (bicyclic) bond motifs is 1. The molecule has 0 amide bonds. The first-order valence-corrected chi connectivity index (χ1v) is 12.4. The first-order valence-electron chi connectivity index (χ1n) is 10.1. The van der Waals surface area contributed by atoms with Gasteiger partial charge in [0.1, 0.15) is 5.69 Å². The van der Waals surface area contributed by atoms with Crippen molar-refractivity contribution in [2.45, 2.75) is 0 Å². The fraction of sp³-hybridized carbons (Fsp3) is 0.250. The highest BCUT2D eigenvalue weighted by Crippen LogP contribution is 2.35. The van der Waals surface area contributed by atoms with Gasteiger partial charge in [-0.15, -0.1) is 11.3 Å². The average molecular weight is 490 g/mol. The maximum atomic E-state index is 14.0. The Morgan fingerprint density at radius 1 is 1.30 bits per heavy atom. The normalized spacial score (nSPS) is 15.8. The maximum absolute atomic E-state index is 14.0. The van der Waals surface area contributed by atoms with E-state index in [1.807, 2.05) is 16.0 Å². The summed E-state index contributed by atoms with van der Waals surface area (Å²) in [6.45, 7) is 1.49. The van der Waals surface area contributed by atoms with Crippen LogP contribution in [-0.4, -0.2) is 65.4 Å². The van der Waals surface area contributed by atoms with E-state index in [-0.39, 0.29) is 5.75 Å². The number of ether oxygens (including phenoxy) is 1. The highest BCUT2D eigenvalue weighted by atomic mass is 32.2. The molecule has 33 heavy (non-hydrogen) atoms. The number of anilines is 1. The zero-order valence-corrected chi connectivity index (χ0v) is 19.2. The second-order valence-electron chi connectivity index (χ2n) is 7.20. The molecule has 1 aliphatic rings. The van der Waals surface area contributed by atoms with Gasteiger partial charge in [-0.3, -0.25) is 4.40 Å². The van der Waals surface area contributed by atoms with E-state index in [9.17, 15) is 12.8 Å². The van der Waals surface area contributed by atoms with E-state index in [1.54, 1.807) is 24.4 Å². The number of thiazole rings is 1. The Labute approximate surface area is 193 Å². The van der Waals surface area contributed by atoms with Gasteiger partial charge >= 0.3 is 0 Å². The number of hydrogen-bond acceptors (Lipinski definition) is 8. The minimum atomic E-state index is -3.39. The van der Waals surface area contributed by atoms with Gasteiger partial charge in [-0.1, -0.05) is 0 Å². The number of imidazole rings is 1. The lowest BCUT2D eigenvalue weighted by atomic mass is 10.1. The summed E-state index contributed by atoms with van der Waals surface area (Å²) in [6, 6.07) is 6.37. The molecule has 4 heterocycles. The number of halogens is 1. The Morgan fingerprint density at radius 3 is 2.97 bits per heavy atom. The monoisotopic (exact) mass is 489 g/mol. The number of nitrogens with one attached hydrogen (secondary N) is 2. The van der Waals surface area contributed by atoms with Gasteiger partial charge in [0.2, 0.25) is 5.95 Å². The predicted octanol–water partition coefficient (Wildman–Crippen LogP) is 2.23. The molecule has 1 fully saturated rings. The van der Waals surface area contributed by atoms with Crippen LogP contribution in [-0.2, 0) is 10.2 Å². The molecule has 0 spiro atoms. The van der Waals surface area contributed by atoms with Crippen molar-refractivity contribution in [1.29, 1.82) is 0 Å². The maximum Gasteiger partial charge on any atom is 0.279 e. The minimum absolute atomic E-state index is 0.131. The van der Waals surface area contributed by atoms with Crippen LogP contribution in [0.4, 0.5) is 10.3 Å². The molecule has 5 rings (SSSR count). The third-order valence-corrected chi connectivity index (χ3v) is 7.59. The summed E-state index contributed by atoms with van der Waals surface area (Å²) in [5.41, 5.74) is 2.68. The van der Waals surface area contributed by atoms with Crippen LogP contribution in [0.3, 0.4) is 0 Å². The van der Waals surface area contributed by atoms with Gasteiger partial charge in [-0.25, -0.2) is 24.1 Å². The van der Waals surface area contributed by atoms with Gasteiger partial charge in [-0.2, -0.15) is 12.7 Å². The van der Waals surface area contributed by atoms with Crippen molar-refractivity contribution in [2.75, 3.05) is 38.6 Å². The molecular formula is C20H20FN7O3S2. The van der Waals surface area contributed by atoms with E-state index in [0.29, 0.717) is 49.1 Å². The van der Waals surface area contributed by atoms with Crippen molar-refractivity contribution in [3.8, 4) is 28.4 Å². The number of nitrogens with zero attached hydrogens (tertiary/aromatic N) is 5. The summed E-state index contributed by atoms with van der Waals surface area (Å²) in [5.74, 6) is 0.0450. The van der Waals surface area contributed by atoms with Crippen molar-refractivity contribution >= 4 is 32.5 Å². The number of hydrogen-bond donors (Lipinski definition) is 2. The largest absolute Gasteiger partial charge is 0.494 e. The molecule has 0 aliphatic carbocycles. The van der Waals surface area contributed by atoms with E-state index in [4.69, 9.17) is 9.72 Å². The van der Waals surface area contributed by atoms with Crippen molar-refractivity contribution in [2.24, 2.45) is 0 Å². The first-order chi connectivity index (χ1) is 16.0. The van der Waals surface area contributed by atoms with Crippen molar-refractivity contribution in [1.82, 2.24) is 28.4 Å². The Balaban J connectivity index is 1.46. The molecule has 0 saturated carbocycles. The van der Waals surface area contributed by atoms with E-state index in [0.717, 1.165) is 10.7 Å². The minimum Gasteiger partial charge on any atom is -0.494 e. The second kappa shape index (κ2) is 8.67. The summed E-state index contributed by atoms with van der Waals surface area (Å²) in [5, 5.41) is 5.01. The molecule has 0 atom stereocenters. The Hall–Kier alpha value is -3.13. The molecule has 1 aromatic carbocycles. The van der Waals surface area contributed by atoms with Gasteiger partial charge in [0.25, 0.3) is 10.2 Å². The Kier molecular flexibility index (Phi) is 5.70. The molecule has 0 bridgehead atoms. The van der Waals surface area contributed by atoms with Gasteiger partial charge in [0.15, 0.2) is 16.5 Å². The Bertz CT molecular complexity index is 1420. The first kappa shape index (κ1) is 21.7. The van der Waals surface area contributed by atoms with E-state index >= 15 is 0 Å². The summed E-state index contributed by atoms with van der Waals surface area (Å²) < 4.78 is 48.6. The molecule has 0 radical (unpaired) electrons. The van der Waals surface area contributed by atoms with E-state index in [2.05, 4.69) is 20.0 Å². The van der Waals surface area contributed by atoms with E-state index in [1.165, 1.54) is 28.8 Å². The van der Waals surface area contributed by atoms with Crippen LogP contribution < -0.4 is 14.8 Å². The van der Waals surface area contributed by atoms with Crippen LogP contribution in [0.15, 0.2) is 42.0 Å². The van der Waals surface area contributed by atoms with Crippen molar-refractivity contribution in [3.05, 3.63) is 47.9 Å². The van der Waals surface area contributed by atoms with Crippen LogP contribution >= 0.6 is 11.3 Å². The summed E-state index contributed by atoms with van der Waals surface area (Å²) in [6.07, 6.45) is 3.52. The van der Waals surface area contributed by atoms with E-state index < -0.39 is 16.0 Å². The molecular weight excluding hydrogens is 469 g/mol. The van der Waals surface area contributed by atoms with Crippen LogP contribution in [0, 0.1) is 5.82 Å². The lowest BCUT2D eigenvalue weighted by Gasteiger charge is -2.13. The highest BCUT2D eigenvalue weighted by molar-refractivity contribution is 7.87. The summed E-state index contributed by atoms with van der Waals surface area (Å²) in [7, 11) is -1.98. The molecule has 10 nitrogen and oxygen atoms in total. The fourth-order valence-corrected chi connectivity index (χ4v) is 5.56. The fourth-order valence-electron chi connectivity index (χ4n) is 3.65. The molecule has 1 aliphatic heterocycles. The van der Waals surface area contributed by atoms with Crippen LogP contribution in [0.25, 0.3) is 27.6 Å². The molecule has 3 aromatic heterocycles. The molecule has 0 unspecified atom stereocenters. The van der Waals surface area contributed by atoms with Gasteiger partial charge in [0.05, 0.1) is 18.5 Å². The van der Waals surface area contributed by atoms with Crippen LogP contribution in [0.5, 0.6) is 5.75 Å². The predicted molar refractivity (Wildman–Crippen MR) is 123 cm³/mol. The molecule has 172 valence electrons. The van der Waals surface area contributed by atoms with Gasteiger partial charge < -0.3 is 10.1 Å². The van der Waals surface area contributed by atoms with Gasteiger partial charge in [0, 0.05) is 49.5 Å². The SMILES string of the molecule is COc1cc(-c2nc3sccn3c2-c2ccnc(NCCN3CCNS3(=O)=O)n2)ccc1F. The lowest BCUT2D eigenvalue weighted by molar-refractivity contribution is 0.387. The summed E-state index contributed by atoms with van der Waals surface area (Å²) >= 11 is 1.48. The van der Waals surface area contributed by atoms with Crippen molar-refractivity contribution in [3.63, 3.8) is 0 Å². The summed E-state index contributed by atoms with van der Waals surface area (Å²) in [4.78, 5) is 14.4. The number of aromatic nitrogens is 4. The Morgan fingerprint density at radius 2 is 2.18 bits per heavy atom. The van der Waals surface area contributed by atoms with Crippen LogP contribution in [0.1, 0.15) is 0 Å². The standard InChI is InChI=1S/C20H20FN7O3S2/c1-31-16-12-13(2-3-14(16)21)17-18(28-10-11-32-20(28)26-17)15-4-5-22-19(25-15)23-6-8-27-9-7-24-33(27,29)30/h2-5,10-12,24H,6-9H2,1H3,(H,22,23,25). The zero-order chi connectivity index (χ0) is 23.0. The second-order valence-corrected chi connectivity index (χ2v) is 9.83. The average Bonchev–Trinajstić information content (AvgIpc) is 3.49. The molecule has 2 N–H and O–H groups in total. The topological polar surface area (TPSA) is 114 Å². The molecule has 4 aromatic rings. The molecule has 1 saturated heterocycles. The number of rotatable bonds is 7. The van der Waals surface area contributed by atoms with Crippen molar-refractivity contribution < 1.29 is 17.5 Å². The third kappa shape index (κ3) is 4.15. The highest BCUT2D eigenvalue weighted by Gasteiger charge is 2.27. The van der Waals surface area contributed by atoms with Crippen LogP contribution in [0.2, 0.25) is 0 Å². The van der Waals surface area contributed by atoms with Gasteiger partial charge in [-0.05, 0) is 24.3 Å². The smallest absolute Gasteiger partial charge is 0.279 e. The number of methoxy groups -OCH3 is 1. The zero-order valence-electron chi connectivity index (χ0n) is 17.5. The lowest BCUT2D eigenvalue weighted by Crippen LogP contribution is -2.33.